The Morgan fingerprint density at radius 2 is 1.54 bits per heavy atom. The van der Waals surface area contributed by atoms with Crippen molar-refractivity contribution in [1.82, 2.24) is 5.32 Å². The maximum atomic E-state index is 12.2. The number of carbonyl (C=O) groups is 1. The van der Waals surface area contributed by atoms with Crippen LogP contribution < -0.4 is 5.32 Å². The number of alkyl carbamates (subject to hydrolysis) is 1. The summed E-state index contributed by atoms with van der Waals surface area (Å²) in [4.78, 5) is 12.2. The lowest BCUT2D eigenvalue weighted by Crippen LogP contribution is -2.28. The van der Waals surface area contributed by atoms with Crippen molar-refractivity contribution in [1.29, 1.82) is 0 Å². The van der Waals surface area contributed by atoms with E-state index in [9.17, 15) is 4.79 Å². The van der Waals surface area contributed by atoms with Crippen molar-refractivity contribution in [3.8, 4) is 11.1 Å². The Hall–Kier alpha value is -3.33. The van der Waals surface area contributed by atoms with Crippen molar-refractivity contribution >= 4 is 12.2 Å². The first-order chi connectivity index (χ1) is 13.8. The molecule has 1 amide bonds. The van der Waals surface area contributed by atoms with Gasteiger partial charge < -0.3 is 10.1 Å². The van der Waals surface area contributed by atoms with Crippen molar-refractivity contribution < 1.29 is 9.53 Å². The van der Waals surface area contributed by atoms with Gasteiger partial charge in [0.2, 0.25) is 0 Å². The molecule has 0 radical (unpaired) electrons. The molecule has 140 valence electrons. The molecule has 0 spiro atoms. The second-order valence-corrected chi connectivity index (χ2v) is 6.95. The van der Waals surface area contributed by atoms with Gasteiger partial charge in [0, 0.05) is 12.5 Å². The van der Waals surface area contributed by atoms with Gasteiger partial charge in [0.1, 0.15) is 6.61 Å². The molecule has 1 aliphatic carbocycles. The first kappa shape index (κ1) is 18.1. The molecule has 3 aromatic carbocycles. The number of carbonyl (C=O) groups excluding carboxylic acids is 1. The summed E-state index contributed by atoms with van der Waals surface area (Å²) in [5.41, 5.74) is 7.17. The van der Waals surface area contributed by atoms with Gasteiger partial charge in [-0.25, -0.2) is 4.79 Å². The summed E-state index contributed by atoms with van der Waals surface area (Å²) < 4.78 is 5.55. The van der Waals surface area contributed by atoms with Crippen LogP contribution in [0.2, 0.25) is 0 Å². The van der Waals surface area contributed by atoms with E-state index in [0.29, 0.717) is 13.2 Å². The molecule has 3 nitrogen and oxygen atoms in total. The van der Waals surface area contributed by atoms with Crippen LogP contribution in [0.4, 0.5) is 4.79 Å². The molecule has 1 aliphatic rings. The number of nitrogens with one attached hydrogen (secondary N) is 1. The van der Waals surface area contributed by atoms with Gasteiger partial charge in [-0.15, -0.1) is 0 Å². The average molecular weight is 369 g/mol. The van der Waals surface area contributed by atoms with E-state index in [1.807, 2.05) is 42.5 Å². The minimum Gasteiger partial charge on any atom is -0.449 e. The molecule has 3 heteroatoms. The van der Waals surface area contributed by atoms with E-state index in [0.717, 1.165) is 12.0 Å². The number of hydrogen-bond donors (Lipinski definition) is 1. The first-order valence-electron chi connectivity index (χ1n) is 9.56. The Balaban J connectivity index is 1.33. The average Bonchev–Trinajstić information content (AvgIpc) is 3.07. The van der Waals surface area contributed by atoms with Crippen LogP contribution >= 0.6 is 0 Å². The fourth-order valence-electron chi connectivity index (χ4n) is 3.78. The molecule has 0 heterocycles. The third-order valence-electron chi connectivity index (χ3n) is 5.24. The van der Waals surface area contributed by atoms with Crippen molar-refractivity contribution in [2.24, 2.45) is 0 Å². The SMILES string of the molecule is C=Cc1ccc(CCNC(=O)OCC2c3ccccc3-c3ccccc32)cc1. The molecule has 0 atom stereocenters. The highest BCUT2D eigenvalue weighted by molar-refractivity contribution is 5.79. The predicted octanol–water partition coefficient (Wildman–Crippen LogP) is 5.41. The summed E-state index contributed by atoms with van der Waals surface area (Å²) in [6.45, 7) is 4.64. The molecule has 0 aromatic heterocycles. The third kappa shape index (κ3) is 3.70. The van der Waals surface area contributed by atoms with Gasteiger partial charge in [0.15, 0.2) is 0 Å². The van der Waals surface area contributed by atoms with Crippen LogP contribution in [-0.2, 0) is 11.2 Å². The Morgan fingerprint density at radius 1 is 0.929 bits per heavy atom. The zero-order chi connectivity index (χ0) is 19.3. The zero-order valence-electron chi connectivity index (χ0n) is 15.7. The van der Waals surface area contributed by atoms with Gasteiger partial charge >= 0.3 is 6.09 Å². The summed E-state index contributed by atoms with van der Waals surface area (Å²) in [6.07, 6.45) is 2.21. The van der Waals surface area contributed by atoms with Crippen LogP contribution in [-0.4, -0.2) is 19.2 Å². The van der Waals surface area contributed by atoms with E-state index in [1.165, 1.54) is 27.8 Å². The number of benzene rings is 3. The van der Waals surface area contributed by atoms with Gasteiger partial charge in [-0.1, -0.05) is 85.5 Å². The molecule has 4 rings (SSSR count). The Morgan fingerprint density at radius 3 is 2.14 bits per heavy atom. The normalized spacial score (nSPS) is 12.1. The zero-order valence-corrected chi connectivity index (χ0v) is 15.7. The summed E-state index contributed by atoms with van der Waals surface area (Å²) >= 11 is 0. The smallest absolute Gasteiger partial charge is 0.407 e. The summed E-state index contributed by atoms with van der Waals surface area (Å²) in [7, 11) is 0. The second-order valence-electron chi connectivity index (χ2n) is 6.95. The minimum absolute atomic E-state index is 0.0876. The predicted molar refractivity (Wildman–Crippen MR) is 113 cm³/mol. The molecular weight excluding hydrogens is 346 g/mol. The van der Waals surface area contributed by atoms with E-state index in [2.05, 4.69) is 48.3 Å². The maximum absolute atomic E-state index is 12.2. The highest BCUT2D eigenvalue weighted by Gasteiger charge is 2.28. The van der Waals surface area contributed by atoms with Crippen molar-refractivity contribution in [2.75, 3.05) is 13.2 Å². The molecule has 28 heavy (non-hydrogen) atoms. The molecule has 0 aliphatic heterocycles. The number of rotatable bonds is 6. The van der Waals surface area contributed by atoms with E-state index in [4.69, 9.17) is 4.74 Å². The van der Waals surface area contributed by atoms with Gasteiger partial charge in [-0.05, 0) is 39.8 Å². The van der Waals surface area contributed by atoms with Crippen LogP contribution in [0.3, 0.4) is 0 Å². The Bertz CT molecular complexity index is 946. The monoisotopic (exact) mass is 369 g/mol. The quantitative estimate of drug-likeness (QED) is 0.631. The first-order valence-corrected chi connectivity index (χ1v) is 9.56. The van der Waals surface area contributed by atoms with Crippen LogP contribution in [0.25, 0.3) is 17.2 Å². The molecule has 0 saturated heterocycles. The largest absolute Gasteiger partial charge is 0.449 e. The van der Waals surface area contributed by atoms with Crippen molar-refractivity contribution in [3.05, 3.63) is 102 Å². The lowest BCUT2D eigenvalue weighted by Gasteiger charge is -2.14. The molecule has 0 saturated carbocycles. The van der Waals surface area contributed by atoms with Crippen LogP contribution in [0.15, 0.2) is 79.4 Å². The Labute approximate surface area is 165 Å². The standard InChI is InChI=1S/C25H23NO2/c1-2-18-11-13-19(14-12-18)15-16-26-25(27)28-17-24-22-9-5-3-7-20(22)21-8-4-6-10-23(21)24/h2-14,24H,1,15-17H2,(H,26,27). The van der Waals surface area contributed by atoms with Gasteiger partial charge in [-0.2, -0.15) is 0 Å². The lowest BCUT2D eigenvalue weighted by molar-refractivity contribution is 0.143. The van der Waals surface area contributed by atoms with Crippen LogP contribution in [0.1, 0.15) is 28.2 Å². The highest BCUT2D eigenvalue weighted by atomic mass is 16.5. The summed E-state index contributed by atoms with van der Waals surface area (Å²) in [5.74, 6) is 0.0876. The molecule has 1 N–H and O–H groups in total. The fraction of sp³-hybridized carbons (Fsp3) is 0.160. The van der Waals surface area contributed by atoms with Crippen LogP contribution in [0, 0.1) is 0 Å². The molecule has 0 bridgehead atoms. The summed E-state index contributed by atoms with van der Waals surface area (Å²) in [6, 6.07) is 24.8. The highest BCUT2D eigenvalue weighted by Crippen LogP contribution is 2.44. The number of amides is 1. The van der Waals surface area contributed by atoms with Crippen molar-refractivity contribution in [2.45, 2.75) is 12.3 Å². The topological polar surface area (TPSA) is 38.3 Å². The maximum Gasteiger partial charge on any atom is 0.407 e. The molecule has 3 aromatic rings. The van der Waals surface area contributed by atoms with E-state index >= 15 is 0 Å². The van der Waals surface area contributed by atoms with E-state index in [-0.39, 0.29) is 12.0 Å². The van der Waals surface area contributed by atoms with Gasteiger partial charge in [0.05, 0.1) is 0 Å². The number of fused-ring (bicyclic) bond motifs is 3. The van der Waals surface area contributed by atoms with Crippen molar-refractivity contribution in [3.63, 3.8) is 0 Å². The van der Waals surface area contributed by atoms with Gasteiger partial charge in [-0.3, -0.25) is 0 Å². The lowest BCUT2D eigenvalue weighted by atomic mass is 9.98. The second kappa shape index (κ2) is 8.13. The molecule has 0 fully saturated rings. The third-order valence-corrected chi connectivity index (χ3v) is 5.24. The van der Waals surface area contributed by atoms with Crippen LogP contribution in [0.5, 0.6) is 0 Å². The number of ether oxygens (including phenoxy) is 1. The molecule has 0 unspecified atom stereocenters. The molecular formula is C25H23NO2. The fourth-order valence-corrected chi connectivity index (χ4v) is 3.78. The van der Waals surface area contributed by atoms with Gasteiger partial charge in [0.25, 0.3) is 0 Å². The van der Waals surface area contributed by atoms with E-state index in [1.54, 1.807) is 0 Å². The summed E-state index contributed by atoms with van der Waals surface area (Å²) in [5, 5.41) is 2.85. The Kier molecular flexibility index (Phi) is 5.24. The number of hydrogen-bond acceptors (Lipinski definition) is 2. The minimum atomic E-state index is -0.371. The van der Waals surface area contributed by atoms with E-state index < -0.39 is 0 Å².